The smallest absolute Gasteiger partial charge is 0.258 e. The summed E-state index contributed by atoms with van der Waals surface area (Å²) in [6.07, 6.45) is 1.17. The van der Waals surface area contributed by atoms with Crippen molar-refractivity contribution in [2.75, 3.05) is 11.6 Å². The van der Waals surface area contributed by atoms with E-state index in [9.17, 15) is 13.2 Å². The van der Waals surface area contributed by atoms with Crippen molar-refractivity contribution in [1.29, 1.82) is 0 Å². The number of para-hydroxylation sites is 1. The van der Waals surface area contributed by atoms with E-state index in [2.05, 4.69) is 15.3 Å². The van der Waals surface area contributed by atoms with Crippen LogP contribution >= 0.6 is 11.3 Å². The van der Waals surface area contributed by atoms with E-state index in [0.29, 0.717) is 20.9 Å². The first-order valence-electron chi connectivity index (χ1n) is 9.04. The van der Waals surface area contributed by atoms with E-state index in [1.165, 1.54) is 23.7 Å². The summed E-state index contributed by atoms with van der Waals surface area (Å²) in [5.74, 6) is -0.0871. The lowest BCUT2D eigenvalue weighted by Gasteiger charge is -2.11. The number of thiazole rings is 1. The summed E-state index contributed by atoms with van der Waals surface area (Å²) in [6.45, 7) is 4.07. The molecule has 0 radical (unpaired) electrons. The minimum absolute atomic E-state index is 0.183. The minimum atomic E-state index is -3.30. The maximum absolute atomic E-state index is 13.0. The molecule has 1 N–H and O–H groups in total. The lowest BCUT2D eigenvalue weighted by Crippen LogP contribution is -2.13. The normalized spacial score (nSPS) is 12.0. The van der Waals surface area contributed by atoms with Crippen LogP contribution in [0.25, 0.3) is 21.1 Å². The minimum Gasteiger partial charge on any atom is -0.298 e. The van der Waals surface area contributed by atoms with Crippen molar-refractivity contribution < 1.29 is 13.2 Å². The van der Waals surface area contributed by atoms with Gasteiger partial charge in [0.15, 0.2) is 15.0 Å². The molecule has 0 unspecified atom stereocenters. The van der Waals surface area contributed by atoms with Gasteiger partial charge in [0.05, 0.1) is 26.2 Å². The molecule has 0 aliphatic rings. The highest BCUT2D eigenvalue weighted by molar-refractivity contribution is 7.90. The first kappa shape index (κ1) is 19.5. The van der Waals surface area contributed by atoms with Crippen LogP contribution in [-0.2, 0) is 9.84 Å². The second-order valence-corrected chi connectivity index (χ2v) is 10.2. The number of pyridine rings is 1. The molecule has 4 aromatic rings. The van der Waals surface area contributed by atoms with Crippen molar-refractivity contribution in [1.82, 2.24) is 9.97 Å². The van der Waals surface area contributed by atoms with Gasteiger partial charge in [-0.3, -0.25) is 15.1 Å². The zero-order chi connectivity index (χ0) is 20.8. The molecule has 29 heavy (non-hydrogen) atoms. The molecule has 2 aromatic carbocycles. The summed E-state index contributed by atoms with van der Waals surface area (Å²) in [5, 5.41) is 4.05. The van der Waals surface area contributed by atoms with Gasteiger partial charge in [-0.15, -0.1) is 0 Å². The van der Waals surface area contributed by atoms with Crippen LogP contribution in [0.5, 0.6) is 0 Å². The van der Waals surface area contributed by atoms with E-state index in [0.717, 1.165) is 16.6 Å². The van der Waals surface area contributed by atoms with E-state index < -0.39 is 9.84 Å². The number of carbonyl (C=O) groups excluding carboxylic acids is 1. The van der Waals surface area contributed by atoms with Crippen LogP contribution in [0.4, 0.5) is 5.13 Å². The summed E-state index contributed by atoms with van der Waals surface area (Å²) < 4.78 is 24.2. The molecule has 0 saturated carbocycles. The lowest BCUT2D eigenvalue weighted by molar-refractivity contribution is 0.102. The average molecular weight is 426 g/mol. The first-order chi connectivity index (χ1) is 13.7. The largest absolute Gasteiger partial charge is 0.298 e. The van der Waals surface area contributed by atoms with Crippen molar-refractivity contribution in [3.63, 3.8) is 0 Å². The number of aromatic nitrogens is 2. The number of rotatable bonds is 4. The molecule has 2 heterocycles. The molecule has 0 atom stereocenters. The first-order valence-corrected chi connectivity index (χ1v) is 11.7. The topological polar surface area (TPSA) is 89.0 Å². The third-order valence-electron chi connectivity index (χ3n) is 4.58. The molecule has 8 heteroatoms. The zero-order valence-corrected chi connectivity index (χ0v) is 17.8. The quantitative estimate of drug-likeness (QED) is 0.515. The fourth-order valence-corrected chi connectivity index (χ4v) is 4.65. The molecular weight excluding hydrogens is 406 g/mol. The number of nitrogens with one attached hydrogen (secondary N) is 1. The number of carbonyl (C=O) groups is 1. The molecule has 4 rings (SSSR count). The Balaban J connectivity index is 1.73. The van der Waals surface area contributed by atoms with E-state index in [1.807, 2.05) is 44.2 Å². The maximum Gasteiger partial charge on any atom is 0.258 e. The van der Waals surface area contributed by atoms with Gasteiger partial charge in [-0.05, 0) is 36.2 Å². The van der Waals surface area contributed by atoms with Gasteiger partial charge in [0.1, 0.15) is 0 Å². The van der Waals surface area contributed by atoms with Crippen LogP contribution in [0.2, 0.25) is 0 Å². The highest BCUT2D eigenvalue weighted by Crippen LogP contribution is 2.29. The molecule has 0 aliphatic heterocycles. The van der Waals surface area contributed by atoms with E-state index >= 15 is 0 Å². The Morgan fingerprint density at radius 2 is 1.79 bits per heavy atom. The van der Waals surface area contributed by atoms with Gasteiger partial charge < -0.3 is 0 Å². The Bertz CT molecular complexity index is 1360. The number of anilines is 1. The number of hydrogen-bond donors (Lipinski definition) is 1. The van der Waals surface area contributed by atoms with Crippen LogP contribution in [0.3, 0.4) is 0 Å². The molecule has 0 fully saturated rings. The van der Waals surface area contributed by atoms with Crippen LogP contribution in [0.1, 0.15) is 35.8 Å². The maximum atomic E-state index is 13.0. The van der Waals surface area contributed by atoms with Gasteiger partial charge in [-0.1, -0.05) is 43.4 Å². The number of sulfone groups is 1. The molecule has 0 spiro atoms. The fourth-order valence-electron chi connectivity index (χ4n) is 3.03. The Kier molecular flexibility index (Phi) is 4.84. The van der Waals surface area contributed by atoms with Crippen molar-refractivity contribution >= 4 is 53.3 Å². The average Bonchev–Trinajstić information content (AvgIpc) is 3.07. The molecular formula is C21H19N3O3S2. The molecule has 1 amide bonds. The molecule has 0 bridgehead atoms. The number of nitrogens with zero attached hydrogens (tertiary/aromatic N) is 2. The number of fused-ring (bicyclic) bond motifs is 2. The number of hydrogen-bond acceptors (Lipinski definition) is 6. The highest BCUT2D eigenvalue weighted by atomic mass is 32.2. The van der Waals surface area contributed by atoms with E-state index in [-0.39, 0.29) is 16.7 Å². The summed E-state index contributed by atoms with van der Waals surface area (Å²) in [4.78, 5) is 22.3. The third-order valence-corrected chi connectivity index (χ3v) is 6.62. The molecule has 6 nitrogen and oxygen atoms in total. The SMILES string of the molecule is CC(C)c1cc(C(=O)Nc2nc3ccc(S(C)(=O)=O)cc3s2)c2ccccc2n1. The van der Waals surface area contributed by atoms with Crippen LogP contribution in [0, 0.1) is 0 Å². The van der Waals surface area contributed by atoms with Crippen LogP contribution < -0.4 is 5.32 Å². The lowest BCUT2D eigenvalue weighted by atomic mass is 10.0. The Morgan fingerprint density at radius 1 is 1.03 bits per heavy atom. The van der Waals surface area contributed by atoms with Gasteiger partial charge in [-0.25, -0.2) is 13.4 Å². The van der Waals surface area contributed by atoms with E-state index in [4.69, 9.17) is 0 Å². The molecule has 0 aliphatic carbocycles. The second-order valence-electron chi connectivity index (χ2n) is 7.14. The van der Waals surface area contributed by atoms with Gasteiger partial charge >= 0.3 is 0 Å². The van der Waals surface area contributed by atoms with Crippen molar-refractivity contribution in [3.8, 4) is 0 Å². The summed E-state index contributed by atoms with van der Waals surface area (Å²) in [7, 11) is -3.30. The van der Waals surface area contributed by atoms with Gasteiger partial charge in [0, 0.05) is 17.3 Å². The predicted molar refractivity (Wildman–Crippen MR) is 117 cm³/mol. The Hall–Kier alpha value is -2.84. The highest BCUT2D eigenvalue weighted by Gasteiger charge is 2.17. The van der Waals surface area contributed by atoms with Crippen LogP contribution in [0.15, 0.2) is 53.4 Å². The monoisotopic (exact) mass is 425 g/mol. The summed E-state index contributed by atoms with van der Waals surface area (Å²) >= 11 is 1.24. The van der Waals surface area contributed by atoms with Crippen LogP contribution in [-0.4, -0.2) is 30.5 Å². The van der Waals surface area contributed by atoms with Crippen molar-refractivity contribution in [2.45, 2.75) is 24.7 Å². The molecule has 0 saturated heterocycles. The zero-order valence-electron chi connectivity index (χ0n) is 16.1. The fraction of sp³-hybridized carbons (Fsp3) is 0.190. The molecule has 2 aromatic heterocycles. The standard InChI is InChI=1S/C21H19N3O3S2/c1-12(2)18-11-15(14-6-4-5-7-16(14)22-18)20(25)24-21-23-17-9-8-13(29(3,26)27)10-19(17)28-21/h4-12H,1-3H3,(H,23,24,25). The van der Waals surface area contributed by atoms with Gasteiger partial charge in [0.2, 0.25) is 0 Å². The number of amides is 1. The second kappa shape index (κ2) is 7.20. The Morgan fingerprint density at radius 3 is 2.52 bits per heavy atom. The Labute approximate surface area is 172 Å². The summed E-state index contributed by atoms with van der Waals surface area (Å²) in [5.41, 5.74) is 2.79. The summed E-state index contributed by atoms with van der Waals surface area (Å²) in [6, 6.07) is 14.1. The van der Waals surface area contributed by atoms with Gasteiger partial charge in [0.25, 0.3) is 5.91 Å². The third kappa shape index (κ3) is 3.86. The van der Waals surface area contributed by atoms with Gasteiger partial charge in [-0.2, -0.15) is 0 Å². The van der Waals surface area contributed by atoms with Crippen molar-refractivity contribution in [2.24, 2.45) is 0 Å². The molecule has 148 valence electrons. The van der Waals surface area contributed by atoms with Crippen molar-refractivity contribution in [3.05, 3.63) is 59.8 Å². The number of benzene rings is 2. The van der Waals surface area contributed by atoms with E-state index in [1.54, 1.807) is 12.1 Å². The predicted octanol–water partition coefficient (Wildman–Crippen LogP) is 4.62.